The molecule has 1 aromatic heterocycles. The van der Waals surface area contributed by atoms with E-state index in [0.717, 1.165) is 37.3 Å². The van der Waals surface area contributed by atoms with Crippen molar-refractivity contribution in [3.05, 3.63) is 36.4 Å². The maximum atomic E-state index is 12.5. The van der Waals surface area contributed by atoms with Gasteiger partial charge in [0, 0.05) is 19.2 Å². The third-order valence-electron chi connectivity index (χ3n) is 4.76. The molecule has 2 aromatic rings. The van der Waals surface area contributed by atoms with Gasteiger partial charge in [-0.15, -0.1) is 0 Å². The van der Waals surface area contributed by atoms with Gasteiger partial charge in [0.1, 0.15) is 11.6 Å². The van der Waals surface area contributed by atoms with Crippen LogP contribution in [0.4, 0.5) is 11.8 Å². The van der Waals surface area contributed by atoms with Crippen LogP contribution in [0.5, 0.6) is 5.75 Å². The number of anilines is 2. The summed E-state index contributed by atoms with van der Waals surface area (Å²) < 4.78 is 5.73. The molecule has 0 atom stereocenters. The zero-order valence-electron chi connectivity index (χ0n) is 16.9. The molecule has 0 aliphatic carbocycles. The number of nitrogen functional groups attached to an aromatic ring is 1. The number of benzene rings is 1. The maximum absolute atomic E-state index is 12.5. The Hall–Kier alpha value is -2.89. The second-order valence-corrected chi connectivity index (χ2v) is 8.08. The summed E-state index contributed by atoms with van der Waals surface area (Å²) in [5.41, 5.74) is 7.56. The summed E-state index contributed by atoms with van der Waals surface area (Å²) in [4.78, 5) is 23.6. The first-order valence-corrected chi connectivity index (χ1v) is 9.67. The monoisotopic (exact) mass is 380 g/mol. The third-order valence-corrected chi connectivity index (χ3v) is 4.76. The van der Waals surface area contributed by atoms with E-state index in [2.05, 4.69) is 21.4 Å². The van der Waals surface area contributed by atoms with Crippen molar-refractivity contribution in [1.82, 2.24) is 9.97 Å². The highest BCUT2D eigenvalue weighted by Crippen LogP contribution is 2.36. The number of carbonyl (C=O) groups is 1. The number of aromatic nitrogens is 2. The van der Waals surface area contributed by atoms with Gasteiger partial charge in [0.25, 0.3) is 0 Å². The SMILES string of the molecule is C=Cc1cccc(OC(=O)C(C)(C)C)c1-c1cc(N2CCCCC2)nc(N)n1. The van der Waals surface area contributed by atoms with Gasteiger partial charge in [-0.3, -0.25) is 4.79 Å². The smallest absolute Gasteiger partial charge is 0.316 e. The molecule has 0 unspecified atom stereocenters. The van der Waals surface area contributed by atoms with Crippen molar-refractivity contribution >= 4 is 23.8 Å². The number of esters is 1. The van der Waals surface area contributed by atoms with Crippen LogP contribution in [0.3, 0.4) is 0 Å². The minimum Gasteiger partial charge on any atom is -0.425 e. The minimum atomic E-state index is -0.620. The Morgan fingerprint density at radius 2 is 1.93 bits per heavy atom. The highest BCUT2D eigenvalue weighted by Gasteiger charge is 2.26. The second kappa shape index (κ2) is 8.00. The molecule has 2 heterocycles. The average molecular weight is 380 g/mol. The summed E-state index contributed by atoms with van der Waals surface area (Å²) in [5.74, 6) is 1.13. The zero-order valence-corrected chi connectivity index (χ0v) is 16.9. The van der Waals surface area contributed by atoms with Crippen molar-refractivity contribution in [1.29, 1.82) is 0 Å². The first kappa shape index (κ1) is 19.9. The summed E-state index contributed by atoms with van der Waals surface area (Å²) in [6, 6.07) is 7.43. The zero-order chi connectivity index (χ0) is 20.3. The van der Waals surface area contributed by atoms with E-state index >= 15 is 0 Å². The predicted molar refractivity (Wildman–Crippen MR) is 113 cm³/mol. The molecule has 148 valence electrons. The maximum Gasteiger partial charge on any atom is 0.316 e. The summed E-state index contributed by atoms with van der Waals surface area (Å²) in [6.07, 6.45) is 5.23. The largest absolute Gasteiger partial charge is 0.425 e. The second-order valence-electron chi connectivity index (χ2n) is 8.08. The van der Waals surface area contributed by atoms with Crippen LogP contribution < -0.4 is 15.4 Å². The third kappa shape index (κ3) is 4.32. The molecule has 0 spiro atoms. The quantitative estimate of drug-likeness (QED) is 0.629. The van der Waals surface area contributed by atoms with Crippen molar-refractivity contribution in [3.63, 3.8) is 0 Å². The highest BCUT2D eigenvalue weighted by atomic mass is 16.5. The normalized spacial score (nSPS) is 14.6. The van der Waals surface area contributed by atoms with Gasteiger partial charge in [0.15, 0.2) is 0 Å². The van der Waals surface area contributed by atoms with Crippen molar-refractivity contribution in [2.24, 2.45) is 5.41 Å². The van der Waals surface area contributed by atoms with Gasteiger partial charge in [0.05, 0.1) is 16.7 Å². The van der Waals surface area contributed by atoms with Crippen LogP contribution in [0.2, 0.25) is 0 Å². The van der Waals surface area contributed by atoms with Crippen molar-refractivity contribution in [3.8, 4) is 17.0 Å². The number of nitrogens with zero attached hydrogens (tertiary/aromatic N) is 3. The van der Waals surface area contributed by atoms with Crippen molar-refractivity contribution in [2.75, 3.05) is 23.7 Å². The topological polar surface area (TPSA) is 81.3 Å². The van der Waals surface area contributed by atoms with E-state index in [1.54, 1.807) is 12.1 Å². The van der Waals surface area contributed by atoms with Crippen LogP contribution in [-0.2, 0) is 4.79 Å². The Morgan fingerprint density at radius 3 is 2.57 bits per heavy atom. The lowest BCUT2D eigenvalue weighted by Crippen LogP contribution is -2.30. The number of carbonyl (C=O) groups excluding carboxylic acids is 1. The van der Waals surface area contributed by atoms with E-state index in [1.165, 1.54) is 6.42 Å². The molecule has 2 N–H and O–H groups in total. The number of hydrogen-bond donors (Lipinski definition) is 1. The fraction of sp³-hybridized carbons (Fsp3) is 0.409. The van der Waals surface area contributed by atoms with Gasteiger partial charge in [-0.05, 0) is 51.7 Å². The van der Waals surface area contributed by atoms with Crippen LogP contribution in [0.25, 0.3) is 17.3 Å². The van der Waals surface area contributed by atoms with Gasteiger partial charge < -0.3 is 15.4 Å². The molecule has 28 heavy (non-hydrogen) atoms. The molecule has 0 saturated carbocycles. The standard InChI is InChI=1S/C22H28N4O2/c1-5-15-10-9-11-17(28-20(27)22(2,3)4)19(15)16-14-18(25-21(23)24-16)26-12-7-6-8-13-26/h5,9-11,14H,1,6-8,12-13H2,2-4H3,(H2,23,24,25). The summed E-state index contributed by atoms with van der Waals surface area (Å²) in [7, 11) is 0. The van der Waals surface area contributed by atoms with Gasteiger partial charge in [-0.2, -0.15) is 4.98 Å². The molecule has 6 heteroatoms. The number of hydrogen-bond acceptors (Lipinski definition) is 6. The number of piperidine rings is 1. The van der Waals surface area contributed by atoms with E-state index < -0.39 is 5.41 Å². The van der Waals surface area contributed by atoms with Crippen molar-refractivity contribution in [2.45, 2.75) is 40.0 Å². The molecule has 0 radical (unpaired) electrons. The Labute approximate surface area is 166 Å². The molecule has 0 bridgehead atoms. The van der Waals surface area contributed by atoms with Gasteiger partial charge in [-0.1, -0.05) is 24.8 Å². The van der Waals surface area contributed by atoms with Crippen LogP contribution in [0.1, 0.15) is 45.6 Å². The number of rotatable bonds is 4. The molecular weight excluding hydrogens is 352 g/mol. The Bertz CT molecular complexity index is 881. The molecule has 6 nitrogen and oxygen atoms in total. The molecular formula is C22H28N4O2. The molecule has 1 fully saturated rings. The fourth-order valence-electron chi connectivity index (χ4n) is 3.20. The Balaban J connectivity index is 2.08. The Kier molecular flexibility index (Phi) is 5.68. The summed E-state index contributed by atoms with van der Waals surface area (Å²) in [6.45, 7) is 11.3. The number of nitrogens with two attached hydrogens (primary N) is 1. The molecule has 1 aromatic carbocycles. The lowest BCUT2D eigenvalue weighted by atomic mass is 9.97. The first-order chi connectivity index (χ1) is 13.3. The molecule has 1 aliphatic heterocycles. The van der Waals surface area contributed by atoms with Gasteiger partial charge in [0.2, 0.25) is 5.95 Å². The van der Waals surface area contributed by atoms with E-state index in [-0.39, 0.29) is 11.9 Å². The minimum absolute atomic E-state index is 0.199. The molecule has 0 amide bonds. The van der Waals surface area contributed by atoms with E-state index in [0.29, 0.717) is 17.0 Å². The summed E-state index contributed by atoms with van der Waals surface area (Å²) >= 11 is 0. The fourth-order valence-corrected chi connectivity index (χ4v) is 3.20. The van der Waals surface area contributed by atoms with E-state index in [9.17, 15) is 4.79 Å². The van der Waals surface area contributed by atoms with E-state index in [1.807, 2.05) is 39.0 Å². The van der Waals surface area contributed by atoms with Crippen molar-refractivity contribution < 1.29 is 9.53 Å². The lowest BCUT2D eigenvalue weighted by molar-refractivity contribution is -0.142. The number of ether oxygens (including phenoxy) is 1. The van der Waals surface area contributed by atoms with Crippen LogP contribution in [0, 0.1) is 5.41 Å². The molecule has 3 rings (SSSR count). The van der Waals surface area contributed by atoms with Crippen LogP contribution in [-0.4, -0.2) is 29.0 Å². The first-order valence-electron chi connectivity index (χ1n) is 9.67. The highest BCUT2D eigenvalue weighted by molar-refractivity contribution is 5.84. The van der Waals surface area contributed by atoms with E-state index in [4.69, 9.17) is 10.5 Å². The average Bonchev–Trinajstić information content (AvgIpc) is 2.67. The van der Waals surface area contributed by atoms with Crippen LogP contribution in [0.15, 0.2) is 30.8 Å². The van der Waals surface area contributed by atoms with Gasteiger partial charge >= 0.3 is 5.97 Å². The van der Waals surface area contributed by atoms with Crippen LogP contribution >= 0.6 is 0 Å². The lowest BCUT2D eigenvalue weighted by Gasteiger charge is -2.28. The molecule has 1 aliphatic rings. The predicted octanol–water partition coefficient (Wildman–Crippen LogP) is 4.31. The summed E-state index contributed by atoms with van der Waals surface area (Å²) in [5, 5.41) is 0. The Morgan fingerprint density at radius 1 is 1.21 bits per heavy atom. The van der Waals surface area contributed by atoms with Gasteiger partial charge in [-0.25, -0.2) is 4.98 Å². The molecule has 1 saturated heterocycles.